The van der Waals surface area contributed by atoms with Gasteiger partial charge in [0.1, 0.15) is 0 Å². The van der Waals surface area contributed by atoms with Crippen molar-refractivity contribution < 1.29 is 51.0 Å². The summed E-state index contributed by atoms with van der Waals surface area (Å²) in [6.45, 7) is 4.43. The van der Waals surface area contributed by atoms with Gasteiger partial charge in [0, 0.05) is 5.92 Å². The summed E-state index contributed by atoms with van der Waals surface area (Å²) < 4.78 is 0. The number of fused-ring (bicyclic) bond motifs is 4. The SMILES string of the molecule is CC(C)=C1C(C2c3ccccc3-c3ccccc32)=[C-]c2ccccc21.[Cl-].[Cl-].[Zr+3]. The van der Waals surface area contributed by atoms with Crippen LogP contribution in [0, 0.1) is 6.08 Å². The van der Waals surface area contributed by atoms with Crippen molar-refractivity contribution in [3.8, 4) is 11.1 Å². The van der Waals surface area contributed by atoms with Gasteiger partial charge in [-0.1, -0.05) is 68.4 Å². The number of rotatable bonds is 1. The fourth-order valence-electron chi connectivity index (χ4n) is 4.38. The minimum absolute atomic E-state index is 0. The molecule has 5 rings (SSSR count). The molecule has 0 aliphatic heterocycles. The quantitative estimate of drug-likeness (QED) is 0.442. The molecule has 0 bridgehead atoms. The standard InChI is InChI=1S/C25H19.2ClH.Zr/c1-16(2)24-18-10-4-3-9-17(18)15-23(24)25-21-13-7-5-11-19(21)20-12-6-8-14-22(20)25;;;/h3-14,25H,1-2H3;2*1H;/q-1;;;+3/p-2. The van der Waals surface area contributed by atoms with E-state index in [1.807, 2.05) is 0 Å². The van der Waals surface area contributed by atoms with Crippen molar-refractivity contribution in [1.82, 2.24) is 0 Å². The van der Waals surface area contributed by atoms with E-state index in [1.165, 1.54) is 50.1 Å². The van der Waals surface area contributed by atoms with Crippen molar-refractivity contribution in [2.75, 3.05) is 0 Å². The third kappa shape index (κ3) is 3.39. The summed E-state index contributed by atoms with van der Waals surface area (Å²) in [4.78, 5) is 0. The molecule has 0 unspecified atom stereocenters. The summed E-state index contributed by atoms with van der Waals surface area (Å²) >= 11 is 0. The van der Waals surface area contributed by atoms with E-state index in [1.54, 1.807) is 0 Å². The average Bonchev–Trinajstić information content (AvgIpc) is 3.17. The van der Waals surface area contributed by atoms with Crippen molar-refractivity contribution >= 4 is 5.57 Å². The van der Waals surface area contributed by atoms with E-state index in [2.05, 4.69) is 92.7 Å². The smallest absolute Gasteiger partial charge is 1.00 e. The molecule has 2 aliphatic carbocycles. The molecule has 2 aliphatic rings. The van der Waals surface area contributed by atoms with Crippen LogP contribution in [0.2, 0.25) is 0 Å². The molecule has 0 N–H and O–H groups in total. The molecule has 28 heavy (non-hydrogen) atoms. The Morgan fingerprint density at radius 2 is 1.14 bits per heavy atom. The van der Waals surface area contributed by atoms with Crippen LogP contribution in [0.3, 0.4) is 0 Å². The van der Waals surface area contributed by atoms with Gasteiger partial charge in [-0.2, -0.15) is 5.56 Å². The van der Waals surface area contributed by atoms with Gasteiger partial charge in [-0.15, -0.1) is 46.6 Å². The Hall–Kier alpha value is -1.40. The van der Waals surface area contributed by atoms with Crippen molar-refractivity contribution in [3.63, 3.8) is 0 Å². The van der Waals surface area contributed by atoms with E-state index in [-0.39, 0.29) is 56.9 Å². The maximum absolute atomic E-state index is 3.75. The Balaban J connectivity index is 0.000000934. The van der Waals surface area contributed by atoms with Gasteiger partial charge in [-0.25, -0.2) is 0 Å². The number of hydrogen-bond donors (Lipinski definition) is 0. The molecule has 137 valence electrons. The maximum atomic E-state index is 3.75. The van der Waals surface area contributed by atoms with Gasteiger partial charge in [0.2, 0.25) is 0 Å². The predicted octanol–water partition coefficient (Wildman–Crippen LogP) is 0.389. The normalized spacial score (nSPS) is 13.2. The van der Waals surface area contributed by atoms with Crippen LogP contribution in [0.4, 0.5) is 0 Å². The molecule has 0 spiro atoms. The third-order valence-corrected chi connectivity index (χ3v) is 5.36. The number of benzene rings is 3. The molecule has 0 saturated carbocycles. The molecule has 0 aromatic heterocycles. The van der Waals surface area contributed by atoms with Gasteiger partial charge in [-0.05, 0) is 22.3 Å². The maximum Gasteiger partial charge on any atom is 3.00 e. The van der Waals surface area contributed by atoms with Crippen LogP contribution < -0.4 is 24.8 Å². The van der Waals surface area contributed by atoms with Crippen LogP contribution in [0.1, 0.15) is 42.0 Å². The molecule has 0 amide bonds. The third-order valence-electron chi connectivity index (χ3n) is 5.36. The summed E-state index contributed by atoms with van der Waals surface area (Å²) in [5.41, 5.74) is 12.1. The Bertz CT molecular complexity index is 1030. The second-order valence-corrected chi connectivity index (χ2v) is 7.07. The van der Waals surface area contributed by atoms with Gasteiger partial charge in [0.15, 0.2) is 0 Å². The molecule has 0 nitrogen and oxygen atoms in total. The summed E-state index contributed by atoms with van der Waals surface area (Å²) in [5.74, 6) is 0.268. The number of halogens is 2. The molecule has 0 heterocycles. The van der Waals surface area contributed by atoms with Crippen LogP contribution in [-0.2, 0) is 26.2 Å². The second-order valence-electron chi connectivity index (χ2n) is 7.07. The van der Waals surface area contributed by atoms with Gasteiger partial charge in [0.05, 0.1) is 0 Å². The minimum Gasteiger partial charge on any atom is -1.00 e. The first-order valence-electron chi connectivity index (χ1n) is 8.85. The molecule has 3 aromatic carbocycles. The average molecular weight is 482 g/mol. The van der Waals surface area contributed by atoms with Crippen LogP contribution >= 0.6 is 0 Å². The van der Waals surface area contributed by atoms with Crippen molar-refractivity contribution in [2.45, 2.75) is 19.8 Å². The van der Waals surface area contributed by atoms with Gasteiger partial charge < -0.3 is 24.8 Å². The summed E-state index contributed by atoms with van der Waals surface area (Å²) in [5, 5.41) is 0. The fourth-order valence-corrected chi connectivity index (χ4v) is 4.38. The molecule has 0 atom stereocenters. The first kappa shape index (κ1) is 22.9. The Labute approximate surface area is 198 Å². The summed E-state index contributed by atoms with van der Waals surface area (Å²) in [7, 11) is 0. The topological polar surface area (TPSA) is 0 Å². The van der Waals surface area contributed by atoms with Crippen LogP contribution in [0.5, 0.6) is 0 Å². The van der Waals surface area contributed by atoms with E-state index < -0.39 is 0 Å². The molecular formula is C25H19Cl2Zr. The van der Waals surface area contributed by atoms with Gasteiger partial charge in [0.25, 0.3) is 0 Å². The van der Waals surface area contributed by atoms with Crippen LogP contribution in [-0.4, -0.2) is 0 Å². The molecule has 1 radical (unpaired) electrons. The monoisotopic (exact) mass is 479 g/mol. The Kier molecular flexibility index (Phi) is 7.32. The number of allylic oxidation sites excluding steroid dienone is 3. The van der Waals surface area contributed by atoms with E-state index >= 15 is 0 Å². The molecule has 3 heteroatoms. The van der Waals surface area contributed by atoms with Crippen molar-refractivity contribution in [1.29, 1.82) is 0 Å². The zero-order chi connectivity index (χ0) is 17.0. The summed E-state index contributed by atoms with van der Waals surface area (Å²) in [6, 6.07) is 26.3. The Morgan fingerprint density at radius 1 is 0.679 bits per heavy atom. The fraction of sp³-hybridized carbons (Fsp3) is 0.120. The van der Waals surface area contributed by atoms with Crippen LogP contribution in [0.25, 0.3) is 16.7 Å². The van der Waals surface area contributed by atoms with Gasteiger partial charge >= 0.3 is 26.2 Å². The van der Waals surface area contributed by atoms with Crippen LogP contribution in [0.15, 0.2) is 83.9 Å². The Morgan fingerprint density at radius 3 is 1.68 bits per heavy atom. The predicted molar refractivity (Wildman–Crippen MR) is 104 cm³/mol. The van der Waals surface area contributed by atoms with E-state index in [0.717, 1.165) is 0 Å². The second kappa shape index (κ2) is 8.95. The molecule has 0 fully saturated rings. The summed E-state index contributed by atoms with van der Waals surface area (Å²) in [6.07, 6.45) is 3.75. The largest absolute Gasteiger partial charge is 3.00 e. The minimum atomic E-state index is 0. The van der Waals surface area contributed by atoms with E-state index in [4.69, 9.17) is 0 Å². The zero-order valence-electron chi connectivity index (χ0n) is 15.8. The van der Waals surface area contributed by atoms with Gasteiger partial charge in [-0.3, -0.25) is 0 Å². The van der Waals surface area contributed by atoms with E-state index in [9.17, 15) is 0 Å². The first-order chi connectivity index (χ1) is 12.3. The van der Waals surface area contributed by atoms with Crippen molar-refractivity contribution in [3.05, 3.63) is 112 Å². The molecular weight excluding hydrogens is 462 g/mol. The molecule has 0 saturated heterocycles. The van der Waals surface area contributed by atoms with E-state index in [0.29, 0.717) is 0 Å². The first-order valence-corrected chi connectivity index (χ1v) is 8.85. The van der Waals surface area contributed by atoms with Crippen molar-refractivity contribution in [2.24, 2.45) is 0 Å². The molecule has 3 aromatic rings. The number of hydrogen-bond acceptors (Lipinski definition) is 0. The zero-order valence-corrected chi connectivity index (χ0v) is 19.7.